The van der Waals surface area contributed by atoms with Crippen LogP contribution in [-0.2, 0) is 13.6 Å². The van der Waals surface area contributed by atoms with Crippen molar-refractivity contribution in [3.05, 3.63) is 52.3 Å². The number of pyridine rings is 1. The number of aromatic amines is 1. The summed E-state index contributed by atoms with van der Waals surface area (Å²) in [5.41, 5.74) is 1.58. The van der Waals surface area contributed by atoms with Crippen molar-refractivity contribution in [3.63, 3.8) is 0 Å². The molecule has 0 atom stereocenters. The van der Waals surface area contributed by atoms with E-state index < -0.39 is 7.60 Å². The quantitative estimate of drug-likeness (QED) is 0.829. The molecule has 0 saturated carbocycles. The van der Waals surface area contributed by atoms with Crippen LogP contribution in [0.15, 0.2) is 41.2 Å². The highest BCUT2D eigenvalue weighted by molar-refractivity contribution is 7.62. The Balaban J connectivity index is 2.74. The highest BCUT2D eigenvalue weighted by Gasteiger charge is 2.33. The van der Waals surface area contributed by atoms with Crippen molar-refractivity contribution in [1.82, 2.24) is 4.98 Å². The van der Waals surface area contributed by atoms with Crippen LogP contribution in [0.25, 0.3) is 11.3 Å². The molecule has 0 spiro atoms. The molecule has 0 aliphatic carbocycles. The fraction of sp³-hybridized carbons (Fsp3) is 0.312. The lowest BCUT2D eigenvalue weighted by Crippen LogP contribution is -2.30. The third kappa shape index (κ3) is 3.38. The number of benzene rings is 1. The lowest BCUT2D eigenvalue weighted by atomic mass is 10.1. The Bertz CT molecular complexity index is 730. The SMILES string of the molecule is CCOP(=O)(OCC)c1c(-c2ccccc2)[nH]c(C)cc1=O. The summed E-state index contributed by atoms with van der Waals surface area (Å²) in [6, 6.07) is 10.7. The summed E-state index contributed by atoms with van der Waals surface area (Å²) >= 11 is 0. The molecule has 0 fully saturated rings. The molecule has 0 amide bonds. The second kappa shape index (κ2) is 7.05. The fourth-order valence-electron chi connectivity index (χ4n) is 2.27. The van der Waals surface area contributed by atoms with Crippen LogP contribution in [0.3, 0.4) is 0 Å². The van der Waals surface area contributed by atoms with Gasteiger partial charge in [-0.25, -0.2) is 0 Å². The first-order valence-electron chi connectivity index (χ1n) is 7.21. The Morgan fingerprint density at radius 2 is 1.68 bits per heavy atom. The smallest absolute Gasteiger partial charge is 0.358 e. The maximum atomic E-state index is 13.1. The number of rotatable bonds is 6. The third-order valence-electron chi connectivity index (χ3n) is 3.07. The summed E-state index contributed by atoms with van der Waals surface area (Å²) in [6.45, 7) is 5.61. The molecule has 0 radical (unpaired) electrons. The summed E-state index contributed by atoms with van der Waals surface area (Å²) in [4.78, 5) is 15.6. The Labute approximate surface area is 129 Å². The van der Waals surface area contributed by atoms with Crippen molar-refractivity contribution in [2.45, 2.75) is 20.8 Å². The van der Waals surface area contributed by atoms with Gasteiger partial charge in [0.2, 0.25) is 0 Å². The van der Waals surface area contributed by atoms with Gasteiger partial charge in [0.15, 0.2) is 5.43 Å². The van der Waals surface area contributed by atoms with Crippen molar-refractivity contribution in [3.8, 4) is 11.3 Å². The van der Waals surface area contributed by atoms with Gasteiger partial charge in [0, 0.05) is 11.8 Å². The van der Waals surface area contributed by atoms with Crippen molar-refractivity contribution in [2.24, 2.45) is 0 Å². The predicted molar refractivity (Wildman–Crippen MR) is 87.7 cm³/mol. The first-order chi connectivity index (χ1) is 10.5. The van der Waals surface area contributed by atoms with Gasteiger partial charge >= 0.3 is 7.60 Å². The second-order valence-corrected chi connectivity index (χ2v) is 6.70. The topological polar surface area (TPSA) is 68.4 Å². The highest BCUT2D eigenvalue weighted by Crippen LogP contribution is 2.47. The van der Waals surface area contributed by atoms with Gasteiger partial charge in [-0.3, -0.25) is 9.36 Å². The number of hydrogen-bond acceptors (Lipinski definition) is 4. The van der Waals surface area contributed by atoms with Crippen LogP contribution in [0.5, 0.6) is 0 Å². The second-order valence-electron chi connectivity index (χ2n) is 4.74. The van der Waals surface area contributed by atoms with Crippen molar-refractivity contribution >= 4 is 12.9 Å². The minimum atomic E-state index is -3.68. The Morgan fingerprint density at radius 3 is 2.23 bits per heavy atom. The summed E-state index contributed by atoms with van der Waals surface area (Å²) in [7, 11) is -3.68. The van der Waals surface area contributed by atoms with E-state index >= 15 is 0 Å². The molecule has 1 aromatic heterocycles. The average Bonchev–Trinajstić information content (AvgIpc) is 2.47. The third-order valence-corrected chi connectivity index (χ3v) is 5.26. The maximum absolute atomic E-state index is 13.1. The molecule has 118 valence electrons. The van der Waals surface area contributed by atoms with Gasteiger partial charge in [-0.2, -0.15) is 0 Å². The van der Waals surface area contributed by atoms with E-state index in [1.807, 2.05) is 30.3 Å². The maximum Gasteiger partial charge on any atom is 0.367 e. The van der Waals surface area contributed by atoms with Crippen LogP contribution >= 0.6 is 7.60 Å². The monoisotopic (exact) mass is 321 g/mol. The molecule has 0 bridgehead atoms. The molecular weight excluding hydrogens is 301 g/mol. The molecule has 1 N–H and O–H groups in total. The lowest BCUT2D eigenvalue weighted by Gasteiger charge is -2.19. The van der Waals surface area contributed by atoms with Crippen molar-refractivity contribution in [1.29, 1.82) is 0 Å². The zero-order valence-corrected chi connectivity index (χ0v) is 13.9. The Kier molecular flexibility index (Phi) is 5.35. The largest absolute Gasteiger partial charge is 0.367 e. The molecule has 6 heteroatoms. The van der Waals surface area contributed by atoms with Gasteiger partial charge in [0.1, 0.15) is 5.30 Å². The van der Waals surface area contributed by atoms with E-state index in [4.69, 9.17) is 9.05 Å². The van der Waals surface area contributed by atoms with Crippen LogP contribution in [0.1, 0.15) is 19.5 Å². The van der Waals surface area contributed by atoms with E-state index in [-0.39, 0.29) is 23.9 Å². The first kappa shape index (κ1) is 16.7. The van der Waals surface area contributed by atoms with Crippen LogP contribution in [-0.4, -0.2) is 18.2 Å². The summed E-state index contributed by atoms with van der Waals surface area (Å²) in [5, 5.41) is 0.0630. The fourth-order valence-corrected chi connectivity index (χ4v) is 4.08. The van der Waals surface area contributed by atoms with Gasteiger partial charge in [-0.05, 0) is 26.3 Å². The molecule has 5 nitrogen and oxygen atoms in total. The number of H-pyrrole nitrogens is 1. The predicted octanol–water partition coefficient (Wildman–Crippen LogP) is 3.24. The van der Waals surface area contributed by atoms with Crippen LogP contribution in [0, 0.1) is 6.92 Å². The molecule has 0 saturated heterocycles. The molecule has 1 aromatic carbocycles. The first-order valence-corrected chi connectivity index (χ1v) is 8.75. The number of aromatic nitrogens is 1. The number of nitrogens with one attached hydrogen (secondary N) is 1. The number of aryl methyl sites for hydroxylation is 1. The van der Waals surface area contributed by atoms with E-state index in [1.54, 1.807) is 20.8 Å². The molecular formula is C16H20NO4P. The minimum Gasteiger partial charge on any atom is -0.358 e. The molecule has 2 rings (SSSR count). The van der Waals surface area contributed by atoms with Crippen LogP contribution < -0.4 is 10.7 Å². The van der Waals surface area contributed by atoms with E-state index in [9.17, 15) is 9.36 Å². The van der Waals surface area contributed by atoms with Gasteiger partial charge in [-0.15, -0.1) is 0 Å². The zero-order chi connectivity index (χ0) is 16.2. The van der Waals surface area contributed by atoms with E-state index in [0.717, 1.165) is 5.56 Å². The molecule has 0 aliphatic heterocycles. The molecule has 2 aromatic rings. The van der Waals surface area contributed by atoms with Gasteiger partial charge in [0.05, 0.1) is 18.9 Å². The number of hydrogen-bond donors (Lipinski definition) is 1. The van der Waals surface area contributed by atoms with Crippen LogP contribution in [0.2, 0.25) is 0 Å². The van der Waals surface area contributed by atoms with E-state index in [1.165, 1.54) is 6.07 Å². The van der Waals surface area contributed by atoms with E-state index in [2.05, 4.69) is 4.98 Å². The Hall–Kier alpha value is -1.68. The van der Waals surface area contributed by atoms with Crippen LogP contribution in [0.4, 0.5) is 0 Å². The zero-order valence-electron chi connectivity index (χ0n) is 13.0. The van der Waals surface area contributed by atoms with E-state index in [0.29, 0.717) is 11.4 Å². The van der Waals surface area contributed by atoms with Crippen molar-refractivity contribution in [2.75, 3.05) is 13.2 Å². The van der Waals surface area contributed by atoms with Crippen molar-refractivity contribution < 1.29 is 13.6 Å². The average molecular weight is 321 g/mol. The summed E-state index contributed by atoms with van der Waals surface area (Å²) in [5.74, 6) is 0. The lowest BCUT2D eigenvalue weighted by molar-refractivity contribution is 0.230. The van der Waals surface area contributed by atoms with Gasteiger partial charge in [-0.1, -0.05) is 30.3 Å². The summed E-state index contributed by atoms with van der Waals surface area (Å²) < 4.78 is 23.8. The van der Waals surface area contributed by atoms with Gasteiger partial charge < -0.3 is 14.0 Å². The normalized spacial score (nSPS) is 11.6. The molecule has 0 aliphatic rings. The highest BCUT2D eigenvalue weighted by atomic mass is 31.2. The Morgan fingerprint density at radius 1 is 1.09 bits per heavy atom. The minimum absolute atomic E-state index is 0.0630. The molecule has 22 heavy (non-hydrogen) atoms. The standard InChI is InChI=1S/C16H20NO4P/c1-4-20-22(19,21-5-2)16-14(18)11-12(3)17-15(16)13-9-7-6-8-10-13/h6-11H,4-5H2,1-3H3,(H,17,18). The van der Waals surface area contributed by atoms with Gasteiger partial charge in [0.25, 0.3) is 0 Å². The molecule has 1 heterocycles. The molecule has 0 unspecified atom stereocenters. The summed E-state index contributed by atoms with van der Waals surface area (Å²) in [6.07, 6.45) is 0.